The lowest BCUT2D eigenvalue weighted by molar-refractivity contribution is -0.133. The first-order chi connectivity index (χ1) is 13.2. The van der Waals surface area contributed by atoms with Crippen LogP contribution in [0.1, 0.15) is 42.1 Å². The lowest BCUT2D eigenvalue weighted by Gasteiger charge is -2.30. The van der Waals surface area contributed by atoms with E-state index in [-0.39, 0.29) is 17.9 Å². The number of benzene rings is 1. The number of fused-ring (bicyclic) bond motifs is 1. The Kier molecular flexibility index (Phi) is 4.97. The Bertz CT molecular complexity index is 817. The van der Waals surface area contributed by atoms with Gasteiger partial charge in [-0.05, 0) is 31.2 Å². The maximum Gasteiger partial charge on any atom is 0.257 e. The van der Waals surface area contributed by atoms with Crippen LogP contribution in [-0.2, 0) is 17.9 Å². The van der Waals surface area contributed by atoms with Crippen molar-refractivity contribution in [3.63, 3.8) is 0 Å². The number of carbonyl (C=O) groups is 2. The van der Waals surface area contributed by atoms with Crippen LogP contribution in [0.3, 0.4) is 0 Å². The summed E-state index contributed by atoms with van der Waals surface area (Å²) in [6, 6.07) is 10.2. The van der Waals surface area contributed by atoms with E-state index in [1.54, 1.807) is 10.9 Å². The fourth-order valence-corrected chi connectivity index (χ4v) is 4.32. The Morgan fingerprint density at radius 3 is 2.78 bits per heavy atom. The first kappa shape index (κ1) is 17.8. The highest BCUT2D eigenvalue weighted by molar-refractivity contribution is 5.94. The summed E-state index contributed by atoms with van der Waals surface area (Å²) in [5.74, 6) is 0.583. The summed E-state index contributed by atoms with van der Waals surface area (Å²) in [6.07, 6.45) is 5.97. The van der Waals surface area contributed by atoms with Crippen LogP contribution in [0.4, 0.5) is 0 Å². The van der Waals surface area contributed by atoms with Crippen molar-refractivity contribution in [1.29, 1.82) is 0 Å². The van der Waals surface area contributed by atoms with Crippen LogP contribution < -0.4 is 0 Å². The highest BCUT2D eigenvalue weighted by Crippen LogP contribution is 2.32. The van der Waals surface area contributed by atoms with Gasteiger partial charge in [-0.2, -0.15) is 5.10 Å². The third-order valence-corrected chi connectivity index (χ3v) is 5.78. The lowest BCUT2D eigenvalue weighted by atomic mass is 9.98. The number of amides is 2. The largest absolute Gasteiger partial charge is 0.336 e. The third kappa shape index (κ3) is 3.61. The van der Waals surface area contributed by atoms with E-state index >= 15 is 0 Å². The van der Waals surface area contributed by atoms with Crippen LogP contribution in [-0.4, -0.2) is 50.5 Å². The highest BCUT2D eigenvalue weighted by atomic mass is 16.2. The van der Waals surface area contributed by atoms with E-state index in [2.05, 4.69) is 17.2 Å². The van der Waals surface area contributed by atoms with Gasteiger partial charge in [-0.3, -0.25) is 14.3 Å². The van der Waals surface area contributed by atoms with E-state index in [1.807, 2.05) is 41.1 Å². The molecule has 2 aliphatic heterocycles. The highest BCUT2D eigenvalue weighted by Gasteiger charge is 2.42. The number of aromatic nitrogens is 2. The van der Waals surface area contributed by atoms with Crippen molar-refractivity contribution >= 4 is 11.8 Å². The van der Waals surface area contributed by atoms with E-state index in [1.165, 1.54) is 0 Å². The summed E-state index contributed by atoms with van der Waals surface area (Å²) in [6.45, 7) is 4.70. The van der Waals surface area contributed by atoms with Crippen LogP contribution >= 0.6 is 0 Å². The minimum Gasteiger partial charge on any atom is -0.336 e. The first-order valence-electron chi connectivity index (χ1n) is 9.81. The molecule has 2 aromatic rings. The van der Waals surface area contributed by atoms with E-state index in [0.717, 1.165) is 31.5 Å². The van der Waals surface area contributed by atoms with Crippen LogP contribution in [0.2, 0.25) is 0 Å². The molecule has 0 N–H and O–H groups in total. The molecule has 2 saturated heterocycles. The number of nitrogens with zero attached hydrogens (tertiary/aromatic N) is 4. The minimum atomic E-state index is 0.0230. The number of aryl methyl sites for hydroxylation is 1. The molecule has 6 nitrogen and oxygen atoms in total. The molecular weight excluding hydrogens is 340 g/mol. The molecule has 1 aromatic heterocycles. The molecule has 0 aliphatic carbocycles. The van der Waals surface area contributed by atoms with Crippen molar-refractivity contribution in [2.45, 2.75) is 45.3 Å². The molecule has 27 heavy (non-hydrogen) atoms. The number of carbonyl (C=O) groups excluding carboxylic acids is 2. The van der Waals surface area contributed by atoms with E-state index in [9.17, 15) is 9.59 Å². The maximum atomic E-state index is 12.9. The summed E-state index contributed by atoms with van der Waals surface area (Å²) >= 11 is 0. The molecule has 2 fully saturated rings. The first-order valence-corrected chi connectivity index (χ1v) is 9.81. The minimum absolute atomic E-state index is 0.0230. The van der Waals surface area contributed by atoms with Gasteiger partial charge in [-0.15, -0.1) is 0 Å². The van der Waals surface area contributed by atoms with Crippen LogP contribution in [0.15, 0.2) is 42.7 Å². The molecule has 0 spiro atoms. The summed E-state index contributed by atoms with van der Waals surface area (Å²) in [5.41, 5.74) is 1.77. The van der Waals surface area contributed by atoms with Crippen molar-refractivity contribution in [2.24, 2.45) is 5.92 Å². The van der Waals surface area contributed by atoms with E-state index in [4.69, 9.17) is 0 Å². The fraction of sp³-hybridized carbons (Fsp3) is 0.476. The molecule has 0 saturated carbocycles. The zero-order chi connectivity index (χ0) is 18.8. The molecule has 6 heteroatoms. The fourth-order valence-electron chi connectivity index (χ4n) is 4.32. The van der Waals surface area contributed by atoms with Crippen LogP contribution in [0, 0.1) is 5.92 Å². The van der Waals surface area contributed by atoms with Crippen molar-refractivity contribution < 1.29 is 9.59 Å². The number of rotatable bonds is 4. The summed E-state index contributed by atoms with van der Waals surface area (Å²) < 4.78 is 1.77. The average molecular weight is 366 g/mol. The Hall–Kier alpha value is -2.63. The number of hydrogen-bond acceptors (Lipinski definition) is 3. The standard InChI is InChI=1S/C21H26N4O2/c1-2-24-14-18(11-22-24)21(27)23-13-17-9-6-10-20(26)25(19(17)15-23)12-16-7-4-3-5-8-16/h3-5,7-8,11,14,17,19H,2,6,9-10,12-13,15H2,1H3. The molecule has 0 bridgehead atoms. The van der Waals surface area contributed by atoms with Gasteiger partial charge < -0.3 is 9.80 Å². The van der Waals surface area contributed by atoms with Gasteiger partial charge in [0.05, 0.1) is 17.8 Å². The van der Waals surface area contributed by atoms with Gasteiger partial charge in [0.1, 0.15) is 0 Å². The van der Waals surface area contributed by atoms with Gasteiger partial charge in [0, 0.05) is 38.8 Å². The molecule has 2 unspecified atom stereocenters. The average Bonchev–Trinajstić information content (AvgIpc) is 3.31. The van der Waals surface area contributed by atoms with Gasteiger partial charge >= 0.3 is 0 Å². The third-order valence-electron chi connectivity index (χ3n) is 5.78. The van der Waals surface area contributed by atoms with E-state index in [0.29, 0.717) is 31.0 Å². The summed E-state index contributed by atoms with van der Waals surface area (Å²) in [7, 11) is 0. The van der Waals surface area contributed by atoms with Crippen LogP contribution in [0.25, 0.3) is 0 Å². The Balaban J connectivity index is 1.53. The summed E-state index contributed by atoms with van der Waals surface area (Å²) in [5, 5.41) is 4.22. The number of likely N-dealkylation sites (tertiary alicyclic amines) is 2. The summed E-state index contributed by atoms with van der Waals surface area (Å²) in [4.78, 5) is 29.6. The Morgan fingerprint density at radius 1 is 1.22 bits per heavy atom. The second-order valence-corrected chi connectivity index (χ2v) is 7.52. The topological polar surface area (TPSA) is 58.4 Å². The second-order valence-electron chi connectivity index (χ2n) is 7.52. The van der Waals surface area contributed by atoms with Gasteiger partial charge in [-0.1, -0.05) is 30.3 Å². The molecule has 142 valence electrons. The molecule has 4 rings (SSSR count). The van der Waals surface area contributed by atoms with Gasteiger partial charge in [0.15, 0.2) is 0 Å². The van der Waals surface area contributed by atoms with Crippen molar-refractivity contribution in [1.82, 2.24) is 19.6 Å². The predicted octanol–water partition coefficient (Wildman–Crippen LogP) is 2.56. The molecule has 2 aliphatic rings. The smallest absolute Gasteiger partial charge is 0.257 e. The molecule has 3 heterocycles. The van der Waals surface area contributed by atoms with Gasteiger partial charge in [-0.25, -0.2) is 0 Å². The lowest BCUT2D eigenvalue weighted by Crippen LogP contribution is -2.43. The Labute approximate surface area is 159 Å². The predicted molar refractivity (Wildman–Crippen MR) is 102 cm³/mol. The second kappa shape index (κ2) is 7.55. The van der Waals surface area contributed by atoms with Crippen molar-refractivity contribution in [2.75, 3.05) is 13.1 Å². The SMILES string of the molecule is CCn1cc(C(=O)N2CC3CCCC(=O)N(Cc4ccccc4)C3C2)cn1. The van der Waals surface area contributed by atoms with Crippen molar-refractivity contribution in [3.05, 3.63) is 53.9 Å². The van der Waals surface area contributed by atoms with Crippen LogP contribution in [0.5, 0.6) is 0 Å². The molecule has 2 amide bonds. The Morgan fingerprint density at radius 2 is 2.04 bits per heavy atom. The zero-order valence-electron chi connectivity index (χ0n) is 15.8. The normalized spacial score (nSPS) is 22.6. The molecule has 0 radical (unpaired) electrons. The van der Waals surface area contributed by atoms with Gasteiger partial charge in [0.25, 0.3) is 5.91 Å². The zero-order valence-corrected chi connectivity index (χ0v) is 15.8. The monoisotopic (exact) mass is 366 g/mol. The van der Waals surface area contributed by atoms with Crippen molar-refractivity contribution in [3.8, 4) is 0 Å². The number of hydrogen-bond donors (Lipinski definition) is 0. The molecular formula is C21H26N4O2. The molecule has 2 atom stereocenters. The molecule has 1 aromatic carbocycles. The van der Waals surface area contributed by atoms with E-state index < -0.39 is 0 Å². The maximum absolute atomic E-state index is 12.9. The van der Waals surface area contributed by atoms with Gasteiger partial charge in [0.2, 0.25) is 5.91 Å². The quantitative estimate of drug-likeness (QED) is 0.836.